The Bertz CT molecular complexity index is 1590. The van der Waals surface area contributed by atoms with Crippen LogP contribution in [0.3, 0.4) is 0 Å². The molecule has 206 valence electrons. The molecule has 1 aromatic heterocycles. The van der Waals surface area contributed by atoms with Crippen molar-refractivity contribution in [3.05, 3.63) is 82.4 Å². The van der Waals surface area contributed by atoms with Crippen LogP contribution in [0.15, 0.2) is 65.7 Å². The van der Waals surface area contributed by atoms with Gasteiger partial charge in [-0.25, -0.2) is 4.99 Å². The number of ether oxygens (including phenoxy) is 1. The van der Waals surface area contributed by atoms with Gasteiger partial charge in [-0.3, -0.25) is 9.69 Å². The number of hydrogen-bond donors (Lipinski definition) is 2. The minimum absolute atomic E-state index is 0.0265. The van der Waals surface area contributed by atoms with E-state index in [2.05, 4.69) is 27.9 Å². The molecule has 3 aromatic carbocycles. The summed E-state index contributed by atoms with van der Waals surface area (Å²) in [6, 6.07) is 19.1. The van der Waals surface area contributed by atoms with E-state index in [9.17, 15) is 9.90 Å². The highest BCUT2D eigenvalue weighted by Crippen LogP contribution is 2.35. The number of benzene rings is 3. The average Bonchev–Trinajstić information content (AvgIpc) is 3.55. The number of hydrogen-bond acceptors (Lipinski definition) is 6. The van der Waals surface area contributed by atoms with Gasteiger partial charge in [-0.2, -0.15) is 0 Å². The highest BCUT2D eigenvalue weighted by atomic mass is 35.5. The minimum atomic E-state index is 0.0265. The summed E-state index contributed by atoms with van der Waals surface area (Å²) in [4.78, 5) is 27.2. The molecule has 1 saturated heterocycles. The molecular weight excluding hydrogens is 526 g/mol. The number of aromatic nitrogens is 1. The summed E-state index contributed by atoms with van der Waals surface area (Å²) < 4.78 is 5.71. The highest BCUT2D eigenvalue weighted by Gasteiger charge is 2.22. The van der Waals surface area contributed by atoms with Gasteiger partial charge in [0.2, 0.25) is 5.91 Å². The molecular formula is C31H32ClN5O3. The van der Waals surface area contributed by atoms with Gasteiger partial charge in [0, 0.05) is 61.3 Å². The molecule has 4 aromatic rings. The lowest BCUT2D eigenvalue weighted by Gasteiger charge is -2.32. The number of rotatable bonds is 6. The molecule has 0 aliphatic carbocycles. The lowest BCUT2D eigenvalue weighted by Crippen LogP contribution is -2.48. The molecule has 9 heteroatoms. The smallest absolute Gasteiger partial charge is 0.240 e. The van der Waals surface area contributed by atoms with E-state index >= 15 is 0 Å². The molecule has 40 heavy (non-hydrogen) atoms. The molecule has 3 heterocycles. The molecule has 0 radical (unpaired) electrons. The molecule has 0 atom stereocenters. The van der Waals surface area contributed by atoms with Crippen molar-refractivity contribution in [3.63, 3.8) is 0 Å². The molecule has 0 unspecified atom stereocenters. The number of nitrogens with one attached hydrogen (secondary N) is 1. The first-order valence-corrected chi connectivity index (χ1v) is 13.9. The number of amides is 1. The van der Waals surface area contributed by atoms with Crippen molar-refractivity contribution in [2.24, 2.45) is 4.99 Å². The molecule has 2 N–H and O–H groups in total. The van der Waals surface area contributed by atoms with Crippen LogP contribution in [0.2, 0.25) is 5.02 Å². The molecule has 0 bridgehead atoms. The second-order valence-corrected chi connectivity index (χ2v) is 10.9. The molecule has 1 fully saturated rings. The number of halogens is 1. The lowest BCUT2D eigenvalue weighted by atomic mass is 9.98. The van der Waals surface area contributed by atoms with Crippen LogP contribution in [0.1, 0.15) is 16.7 Å². The summed E-state index contributed by atoms with van der Waals surface area (Å²) in [7, 11) is 3.92. The maximum atomic E-state index is 13.0. The molecule has 8 nitrogen and oxygen atoms in total. The number of anilines is 1. The number of aliphatic imine (C=N–C) groups is 1. The van der Waals surface area contributed by atoms with Crippen LogP contribution < -0.4 is 9.64 Å². The lowest BCUT2D eigenvalue weighted by molar-refractivity contribution is -0.119. The van der Waals surface area contributed by atoms with Crippen LogP contribution >= 0.6 is 11.6 Å². The third-order valence-corrected chi connectivity index (χ3v) is 7.98. The van der Waals surface area contributed by atoms with E-state index in [4.69, 9.17) is 21.3 Å². The monoisotopic (exact) mass is 557 g/mol. The molecule has 2 aliphatic rings. The van der Waals surface area contributed by atoms with Gasteiger partial charge in [0.25, 0.3) is 0 Å². The van der Waals surface area contributed by atoms with Crippen molar-refractivity contribution in [2.75, 3.05) is 58.3 Å². The Morgan fingerprint density at radius 2 is 1.85 bits per heavy atom. The number of H-pyrrole nitrogens is 1. The number of piperazine rings is 1. The zero-order valence-corrected chi connectivity index (χ0v) is 23.4. The molecule has 0 spiro atoms. The van der Waals surface area contributed by atoms with Gasteiger partial charge in [0.15, 0.2) is 5.88 Å². The number of aromatic amines is 1. The Morgan fingerprint density at radius 3 is 2.62 bits per heavy atom. The van der Waals surface area contributed by atoms with Crippen LogP contribution in [-0.2, 0) is 11.2 Å². The fourth-order valence-electron chi connectivity index (χ4n) is 5.32. The quantitative estimate of drug-likeness (QED) is 0.331. The van der Waals surface area contributed by atoms with E-state index < -0.39 is 0 Å². The summed E-state index contributed by atoms with van der Waals surface area (Å²) in [6.07, 6.45) is 0.828. The first kappa shape index (κ1) is 26.4. The fraction of sp³-hybridized carbons (Fsp3) is 0.290. The van der Waals surface area contributed by atoms with Crippen molar-refractivity contribution in [2.45, 2.75) is 6.42 Å². The summed E-state index contributed by atoms with van der Waals surface area (Å²) in [6.45, 7) is 4.80. The van der Waals surface area contributed by atoms with E-state index in [-0.39, 0.29) is 11.8 Å². The Morgan fingerprint density at radius 1 is 1.07 bits per heavy atom. The third-order valence-electron chi connectivity index (χ3n) is 7.75. The maximum Gasteiger partial charge on any atom is 0.240 e. The average molecular weight is 558 g/mol. The molecule has 6 rings (SSSR count). The van der Waals surface area contributed by atoms with Gasteiger partial charge in [-0.1, -0.05) is 17.7 Å². The zero-order valence-electron chi connectivity index (χ0n) is 22.7. The summed E-state index contributed by atoms with van der Waals surface area (Å²) in [5.74, 6) is 0.967. The van der Waals surface area contributed by atoms with Gasteiger partial charge in [-0.05, 0) is 67.2 Å². The number of fused-ring (bicyclic) bond motifs is 2. The van der Waals surface area contributed by atoms with Gasteiger partial charge in [0.05, 0.1) is 35.6 Å². The van der Waals surface area contributed by atoms with Crippen molar-refractivity contribution in [1.29, 1.82) is 0 Å². The number of carbonyl (C=O) groups excluding carboxylic acids is 1. The first-order valence-electron chi connectivity index (χ1n) is 13.5. The van der Waals surface area contributed by atoms with Crippen LogP contribution in [0.25, 0.3) is 10.9 Å². The van der Waals surface area contributed by atoms with E-state index in [0.717, 1.165) is 66.1 Å². The summed E-state index contributed by atoms with van der Waals surface area (Å²) in [5.41, 5.74) is 5.47. The summed E-state index contributed by atoms with van der Waals surface area (Å²) in [5, 5.41) is 12.4. The largest absolute Gasteiger partial charge is 0.494 e. The second kappa shape index (κ2) is 11.0. The maximum absolute atomic E-state index is 13.0. The predicted molar refractivity (Wildman–Crippen MR) is 160 cm³/mol. The van der Waals surface area contributed by atoms with E-state index in [1.807, 2.05) is 49.5 Å². The van der Waals surface area contributed by atoms with Crippen molar-refractivity contribution >= 4 is 45.5 Å². The normalized spacial score (nSPS) is 16.2. The van der Waals surface area contributed by atoms with Gasteiger partial charge in [0.1, 0.15) is 5.75 Å². The number of aromatic hydroxyl groups is 1. The molecule has 0 saturated carbocycles. The highest BCUT2D eigenvalue weighted by molar-refractivity contribution is 6.31. The third kappa shape index (κ3) is 5.30. The van der Waals surface area contributed by atoms with Crippen LogP contribution in [0, 0.1) is 0 Å². The van der Waals surface area contributed by atoms with Crippen LogP contribution in [-0.4, -0.2) is 84.9 Å². The topological polar surface area (TPSA) is 84.4 Å². The molecule has 1 amide bonds. The van der Waals surface area contributed by atoms with Gasteiger partial charge < -0.3 is 24.6 Å². The standard InChI is InChI=1S/C31H32ClN5O3/c1-35-12-14-37(15-13-35)19-28(38)36(2)24-7-5-23(6-8-24)33-30(21-3-10-27-20(17-21)11-16-40-27)29-25-9-4-22(32)18-26(25)34-31(29)39/h3-10,17-18,34,39H,11-16,19H2,1-2H3. The number of carbonyl (C=O) groups is 1. The summed E-state index contributed by atoms with van der Waals surface area (Å²) >= 11 is 6.22. The van der Waals surface area contributed by atoms with Crippen molar-refractivity contribution in [1.82, 2.24) is 14.8 Å². The minimum Gasteiger partial charge on any atom is -0.494 e. The van der Waals surface area contributed by atoms with Crippen molar-refractivity contribution in [3.8, 4) is 11.6 Å². The van der Waals surface area contributed by atoms with Gasteiger partial charge in [-0.15, -0.1) is 0 Å². The number of nitrogens with zero attached hydrogens (tertiary/aromatic N) is 4. The van der Waals surface area contributed by atoms with Crippen molar-refractivity contribution < 1.29 is 14.6 Å². The SMILES string of the molecule is CN1CCN(CC(=O)N(C)c2ccc(N=C(c3ccc4c(c3)CCO4)c3c(O)[nH]c4cc(Cl)ccc34)cc2)CC1. The van der Waals surface area contributed by atoms with E-state index in [1.165, 1.54) is 0 Å². The van der Waals surface area contributed by atoms with Gasteiger partial charge >= 0.3 is 0 Å². The zero-order chi connectivity index (χ0) is 27.8. The predicted octanol–water partition coefficient (Wildman–Crippen LogP) is 4.84. The Labute approximate surface area is 238 Å². The van der Waals surface area contributed by atoms with Crippen LogP contribution in [0.4, 0.5) is 11.4 Å². The van der Waals surface area contributed by atoms with E-state index in [0.29, 0.717) is 35.1 Å². The Hall–Kier alpha value is -3.85. The molecule has 2 aliphatic heterocycles. The fourth-order valence-corrected chi connectivity index (χ4v) is 5.49. The van der Waals surface area contributed by atoms with Crippen LogP contribution in [0.5, 0.6) is 11.6 Å². The van der Waals surface area contributed by atoms with E-state index in [1.54, 1.807) is 17.0 Å². The second-order valence-electron chi connectivity index (χ2n) is 10.5. The number of likely N-dealkylation sites (N-methyl/N-ethyl adjacent to an activating group) is 2. The Balaban J connectivity index is 1.32. The first-order chi connectivity index (χ1) is 19.4. The Kier molecular flexibility index (Phi) is 7.23.